The molecule has 2 aromatic carbocycles. The molecule has 2 aromatic rings. The van der Waals surface area contributed by atoms with E-state index >= 15 is 0 Å². The molecule has 0 saturated heterocycles. The number of rotatable bonds is 7. The molecular weight excluding hydrogens is 280 g/mol. The lowest BCUT2D eigenvalue weighted by atomic mass is 10.1. The summed E-state index contributed by atoms with van der Waals surface area (Å²) in [4.78, 5) is 11.5. The van der Waals surface area contributed by atoms with E-state index in [0.29, 0.717) is 30.3 Å². The van der Waals surface area contributed by atoms with Crippen LogP contribution in [0.15, 0.2) is 42.5 Å². The Morgan fingerprint density at radius 3 is 2.18 bits per heavy atom. The molecule has 4 nitrogen and oxygen atoms in total. The topological polar surface area (TPSA) is 44.8 Å². The highest BCUT2D eigenvalue weighted by atomic mass is 16.5. The number of carbonyl (C=O) groups is 1. The van der Waals surface area contributed by atoms with Crippen LogP contribution in [0.5, 0.6) is 17.2 Å². The molecule has 22 heavy (non-hydrogen) atoms. The fraction of sp³-hybridized carbons (Fsp3) is 0.278. The van der Waals surface area contributed by atoms with E-state index in [1.807, 2.05) is 30.3 Å². The Balaban J connectivity index is 2.28. The van der Waals surface area contributed by atoms with Crippen molar-refractivity contribution in [2.45, 2.75) is 20.0 Å². The van der Waals surface area contributed by atoms with Gasteiger partial charge in [-0.25, -0.2) is 0 Å². The van der Waals surface area contributed by atoms with Gasteiger partial charge in [0.1, 0.15) is 18.1 Å². The normalized spacial score (nSPS) is 10.1. The Morgan fingerprint density at radius 1 is 0.955 bits per heavy atom. The number of hydrogen-bond donors (Lipinski definition) is 0. The maximum Gasteiger partial charge on any atom is 0.164 e. The number of hydrogen-bond acceptors (Lipinski definition) is 4. The molecule has 0 N–H and O–H groups in total. The summed E-state index contributed by atoms with van der Waals surface area (Å²) in [6, 6.07) is 13.4. The molecule has 0 amide bonds. The first kappa shape index (κ1) is 15.9. The van der Waals surface area contributed by atoms with Gasteiger partial charge in [0, 0.05) is 18.1 Å². The predicted octanol–water partition coefficient (Wildman–Crippen LogP) is 3.41. The molecular formula is C18H20O4. The van der Waals surface area contributed by atoms with Crippen molar-refractivity contribution in [1.29, 1.82) is 0 Å². The summed E-state index contributed by atoms with van der Waals surface area (Å²) in [7, 11) is 3.14. The van der Waals surface area contributed by atoms with Gasteiger partial charge in [0.05, 0.1) is 14.2 Å². The fourth-order valence-corrected chi connectivity index (χ4v) is 2.18. The number of carbonyl (C=O) groups excluding carboxylic acids is 1. The standard InChI is InChI=1S/C18H20O4/c1-13(19)9-15-10-17(20-2)18(21-3)11-16(15)22-12-14-7-5-4-6-8-14/h4-8,10-11H,9,12H2,1-3H3. The maximum atomic E-state index is 11.5. The molecule has 0 aromatic heterocycles. The van der Waals surface area contributed by atoms with E-state index in [1.165, 1.54) is 0 Å². The molecule has 4 heteroatoms. The third kappa shape index (κ3) is 4.01. The summed E-state index contributed by atoms with van der Waals surface area (Å²) in [5.41, 5.74) is 1.85. The first-order valence-corrected chi connectivity index (χ1v) is 7.05. The first-order valence-electron chi connectivity index (χ1n) is 7.05. The van der Waals surface area contributed by atoms with Gasteiger partial charge in [-0.15, -0.1) is 0 Å². The second-order valence-corrected chi connectivity index (χ2v) is 4.97. The molecule has 0 aliphatic rings. The Morgan fingerprint density at radius 2 is 1.59 bits per heavy atom. The second-order valence-electron chi connectivity index (χ2n) is 4.97. The van der Waals surface area contributed by atoms with E-state index in [1.54, 1.807) is 33.3 Å². The highest BCUT2D eigenvalue weighted by molar-refractivity contribution is 5.79. The van der Waals surface area contributed by atoms with Gasteiger partial charge in [0.25, 0.3) is 0 Å². The monoisotopic (exact) mass is 300 g/mol. The van der Waals surface area contributed by atoms with E-state index in [-0.39, 0.29) is 5.78 Å². The molecule has 2 rings (SSSR count). The van der Waals surface area contributed by atoms with Gasteiger partial charge in [-0.05, 0) is 18.6 Å². The Kier molecular flexibility index (Phi) is 5.42. The number of methoxy groups -OCH3 is 2. The minimum Gasteiger partial charge on any atom is -0.493 e. The minimum absolute atomic E-state index is 0.0665. The van der Waals surface area contributed by atoms with E-state index in [9.17, 15) is 4.79 Å². The maximum absolute atomic E-state index is 11.5. The van der Waals surface area contributed by atoms with Crippen molar-refractivity contribution in [2.75, 3.05) is 14.2 Å². The van der Waals surface area contributed by atoms with Crippen LogP contribution in [-0.2, 0) is 17.8 Å². The third-order valence-electron chi connectivity index (χ3n) is 3.24. The van der Waals surface area contributed by atoms with Crippen molar-refractivity contribution in [3.8, 4) is 17.2 Å². The van der Waals surface area contributed by atoms with E-state index < -0.39 is 0 Å². The van der Waals surface area contributed by atoms with Crippen molar-refractivity contribution in [1.82, 2.24) is 0 Å². The Bertz CT molecular complexity index is 635. The van der Waals surface area contributed by atoms with Crippen molar-refractivity contribution in [2.24, 2.45) is 0 Å². The van der Waals surface area contributed by atoms with Crippen molar-refractivity contribution < 1.29 is 19.0 Å². The SMILES string of the molecule is COc1cc(CC(C)=O)c(OCc2ccccc2)cc1OC. The smallest absolute Gasteiger partial charge is 0.164 e. The summed E-state index contributed by atoms with van der Waals surface area (Å²) in [5, 5.41) is 0. The van der Waals surface area contributed by atoms with Crippen LogP contribution >= 0.6 is 0 Å². The van der Waals surface area contributed by atoms with Crippen LogP contribution in [0.2, 0.25) is 0 Å². The molecule has 0 spiro atoms. The lowest BCUT2D eigenvalue weighted by Crippen LogP contribution is -2.04. The molecule has 116 valence electrons. The predicted molar refractivity (Wildman–Crippen MR) is 84.7 cm³/mol. The lowest BCUT2D eigenvalue weighted by molar-refractivity contribution is -0.116. The minimum atomic E-state index is 0.0665. The molecule has 0 heterocycles. The van der Waals surface area contributed by atoms with Gasteiger partial charge in [0.2, 0.25) is 0 Å². The molecule has 0 aliphatic heterocycles. The molecule has 0 bridgehead atoms. The third-order valence-corrected chi connectivity index (χ3v) is 3.24. The zero-order valence-electron chi connectivity index (χ0n) is 13.1. The molecule has 0 radical (unpaired) electrons. The van der Waals surface area contributed by atoms with E-state index in [0.717, 1.165) is 11.1 Å². The molecule has 0 fully saturated rings. The van der Waals surface area contributed by atoms with Crippen LogP contribution in [-0.4, -0.2) is 20.0 Å². The fourth-order valence-electron chi connectivity index (χ4n) is 2.18. The summed E-state index contributed by atoms with van der Waals surface area (Å²) in [5.74, 6) is 1.87. The second kappa shape index (κ2) is 7.50. The molecule has 0 unspecified atom stereocenters. The first-order chi connectivity index (χ1) is 10.6. The van der Waals surface area contributed by atoms with Gasteiger partial charge in [-0.2, -0.15) is 0 Å². The Labute approximate surface area is 130 Å². The average molecular weight is 300 g/mol. The van der Waals surface area contributed by atoms with Crippen LogP contribution in [0.4, 0.5) is 0 Å². The summed E-state index contributed by atoms with van der Waals surface area (Å²) < 4.78 is 16.5. The van der Waals surface area contributed by atoms with E-state index in [2.05, 4.69) is 0 Å². The van der Waals surface area contributed by atoms with Crippen molar-refractivity contribution in [3.63, 3.8) is 0 Å². The van der Waals surface area contributed by atoms with Gasteiger partial charge in [-0.3, -0.25) is 4.79 Å². The Hall–Kier alpha value is -2.49. The van der Waals surface area contributed by atoms with Crippen LogP contribution in [0.25, 0.3) is 0 Å². The molecule has 0 aliphatic carbocycles. The highest BCUT2D eigenvalue weighted by Crippen LogP contribution is 2.35. The van der Waals surface area contributed by atoms with E-state index in [4.69, 9.17) is 14.2 Å². The van der Waals surface area contributed by atoms with Crippen molar-refractivity contribution in [3.05, 3.63) is 53.6 Å². The number of benzene rings is 2. The molecule has 0 atom stereocenters. The van der Waals surface area contributed by atoms with Crippen LogP contribution in [0.1, 0.15) is 18.1 Å². The summed E-state index contributed by atoms with van der Waals surface area (Å²) in [6.07, 6.45) is 0.296. The van der Waals surface area contributed by atoms with Gasteiger partial charge < -0.3 is 14.2 Å². The zero-order chi connectivity index (χ0) is 15.9. The summed E-state index contributed by atoms with van der Waals surface area (Å²) >= 11 is 0. The number of ketones is 1. The largest absolute Gasteiger partial charge is 0.493 e. The van der Waals surface area contributed by atoms with Crippen LogP contribution < -0.4 is 14.2 Å². The molecule has 0 saturated carbocycles. The zero-order valence-corrected chi connectivity index (χ0v) is 13.1. The number of Topliss-reactive ketones (excluding diaryl/α,β-unsaturated/α-hetero) is 1. The summed E-state index contributed by atoms with van der Waals surface area (Å²) in [6.45, 7) is 1.99. The van der Waals surface area contributed by atoms with Crippen molar-refractivity contribution >= 4 is 5.78 Å². The van der Waals surface area contributed by atoms with Crippen LogP contribution in [0.3, 0.4) is 0 Å². The quantitative estimate of drug-likeness (QED) is 0.786. The van der Waals surface area contributed by atoms with Gasteiger partial charge >= 0.3 is 0 Å². The van der Waals surface area contributed by atoms with Gasteiger partial charge in [-0.1, -0.05) is 30.3 Å². The average Bonchev–Trinajstić information content (AvgIpc) is 2.53. The van der Waals surface area contributed by atoms with Gasteiger partial charge in [0.15, 0.2) is 11.5 Å². The number of ether oxygens (including phenoxy) is 3. The lowest BCUT2D eigenvalue weighted by Gasteiger charge is -2.15. The highest BCUT2D eigenvalue weighted by Gasteiger charge is 2.14. The van der Waals surface area contributed by atoms with Crippen LogP contribution in [0, 0.1) is 0 Å².